The molecule has 0 saturated carbocycles. The molecule has 1 aliphatic rings. The molecular weight excluding hydrogens is 405 g/mol. The Bertz CT molecular complexity index is 962. The molecule has 1 heterocycles. The van der Waals surface area contributed by atoms with E-state index in [1.165, 1.54) is 12.1 Å². The summed E-state index contributed by atoms with van der Waals surface area (Å²) in [6.45, 7) is 1.82. The lowest BCUT2D eigenvalue weighted by Gasteiger charge is -2.19. The van der Waals surface area contributed by atoms with Gasteiger partial charge in [-0.3, -0.25) is 14.4 Å². The SMILES string of the molecule is CCCC(=O)Nc1c(Cl)cc(Cl)cc1C(=O)Nc1ccc2c(c1)NC(=O)CO2. The fraction of sp³-hybridized carbons (Fsp3) is 0.211. The highest BCUT2D eigenvalue weighted by molar-refractivity contribution is 6.38. The summed E-state index contributed by atoms with van der Waals surface area (Å²) in [7, 11) is 0. The van der Waals surface area contributed by atoms with E-state index < -0.39 is 5.91 Å². The van der Waals surface area contributed by atoms with Crippen molar-refractivity contribution >= 4 is 58.0 Å². The number of ether oxygens (including phenoxy) is 1. The van der Waals surface area contributed by atoms with Crippen molar-refractivity contribution in [1.29, 1.82) is 0 Å². The molecule has 2 aromatic carbocycles. The van der Waals surface area contributed by atoms with Gasteiger partial charge in [0.05, 0.1) is 22.0 Å². The minimum absolute atomic E-state index is 0.0550. The Kier molecular flexibility index (Phi) is 6.06. The molecule has 0 aromatic heterocycles. The van der Waals surface area contributed by atoms with Crippen molar-refractivity contribution in [2.75, 3.05) is 22.6 Å². The van der Waals surface area contributed by atoms with Gasteiger partial charge in [-0.15, -0.1) is 0 Å². The monoisotopic (exact) mass is 421 g/mol. The van der Waals surface area contributed by atoms with Crippen molar-refractivity contribution in [2.45, 2.75) is 19.8 Å². The summed E-state index contributed by atoms with van der Waals surface area (Å²) in [5, 5.41) is 8.46. The van der Waals surface area contributed by atoms with Gasteiger partial charge in [-0.05, 0) is 36.8 Å². The molecule has 3 N–H and O–H groups in total. The van der Waals surface area contributed by atoms with E-state index in [2.05, 4.69) is 16.0 Å². The molecule has 2 aromatic rings. The van der Waals surface area contributed by atoms with E-state index in [9.17, 15) is 14.4 Å². The van der Waals surface area contributed by atoms with Gasteiger partial charge < -0.3 is 20.7 Å². The highest BCUT2D eigenvalue weighted by Crippen LogP contribution is 2.33. The average molecular weight is 422 g/mol. The van der Waals surface area contributed by atoms with Crippen molar-refractivity contribution in [2.24, 2.45) is 0 Å². The lowest BCUT2D eigenvalue weighted by atomic mass is 10.1. The molecule has 0 saturated heterocycles. The van der Waals surface area contributed by atoms with Crippen LogP contribution in [-0.2, 0) is 9.59 Å². The summed E-state index contributed by atoms with van der Waals surface area (Å²) >= 11 is 12.2. The van der Waals surface area contributed by atoms with Gasteiger partial charge in [-0.25, -0.2) is 0 Å². The summed E-state index contributed by atoms with van der Waals surface area (Å²) in [5.41, 5.74) is 1.20. The largest absolute Gasteiger partial charge is 0.482 e. The highest BCUT2D eigenvalue weighted by Gasteiger charge is 2.20. The second kappa shape index (κ2) is 8.50. The molecule has 0 unspecified atom stereocenters. The third-order valence-corrected chi connectivity index (χ3v) is 4.43. The molecule has 0 bridgehead atoms. The lowest BCUT2D eigenvalue weighted by molar-refractivity contribution is -0.118. The molecule has 0 radical (unpaired) electrons. The first-order valence-electron chi connectivity index (χ1n) is 8.54. The quantitative estimate of drug-likeness (QED) is 0.669. The number of hydrogen-bond donors (Lipinski definition) is 3. The third-order valence-electron chi connectivity index (χ3n) is 3.91. The Morgan fingerprint density at radius 2 is 1.96 bits per heavy atom. The second-order valence-electron chi connectivity index (χ2n) is 6.11. The minimum atomic E-state index is -0.515. The molecular formula is C19H17Cl2N3O4. The molecule has 0 aliphatic carbocycles. The average Bonchev–Trinajstić information content (AvgIpc) is 2.63. The van der Waals surface area contributed by atoms with Crippen LogP contribution in [0.4, 0.5) is 17.1 Å². The van der Waals surface area contributed by atoms with E-state index in [-0.39, 0.29) is 39.7 Å². The normalized spacial score (nSPS) is 12.5. The number of carbonyl (C=O) groups excluding carboxylic acids is 3. The fourth-order valence-corrected chi connectivity index (χ4v) is 3.21. The van der Waals surface area contributed by atoms with Crippen LogP contribution in [0.3, 0.4) is 0 Å². The zero-order chi connectivity index (χ0) is 20.3. The van der Waals surface area contributed by atoms with Crippen LogP contribution in [0.2, 0.25) is 10.0 Å². The van der Waals surface area contributed by atoms with E-state index in [4.69, 9.17) is 27.9 Å². The zero-order valence-corrected chi connectivity index (χ0v) is 16.4. The summed E-state index contributed by atoms with van der Waals surface area (Å²) < 4.78 is 5.29. The number of rotatable bonds is 5. The molecule has 0 fully saturated rings. The van der Waals surface area contributed by atoms with Gasteiger partial charge in [-0.1, -0.05) is 30.1 Å². The fourth-order valence-electron chi connectivity index (χ4n) is 2.67. The van der Waals surface area contributed by atoms with E-state index in [1.807, 2.05) is 6.92 Å². The van der Waals surface area contributed by atoms with E-state index >= 15 is 0 Å². The van der Waals surface area contributed by atoms with Crippen LogP contribution in [0.1, 0.15) is 30.1 Å². The number of anilines is 3. The topological polar surface area (TPSA) is 96.5 Å². The standard InChI is InChI=1S/C19H17Cl2N3O4/c1-2-3-16(25)24-18-12(6-10(20)7-13(18)21)19(27)22-11-4-5-15-14(8-11)23-17(26)9-28-15/h4-8H,2-3,9H2,1H3,(H,22,27)(H,23,26)(H,24,25). The van der Waals surface area contributed by atoms with Crippen LogP contribution in [0.15, 0.2) is 30.3 Å². The molecule has 3 rings (SSSR count). The Hall–Kier alpha value is -2.77. The Morgan fingerprint density at radius 1 is 1.18 bits per heavy atom. The first-order valence-corrected chi connectivity index (χ1v) is 9.30. The van der Waals surface area contributed by atoms with Crippen molar-refractivity contribution in [1.82, 2.24) is 0 Å². The van der Waals surface area contributed by atoms with Gasteiger partial charge in [0.25, 0.3) is 11.8 Å². The Labute approximate surface area is 171 Å². The van der Waals surface area contributed by atoms with Gasteiger partial charge in [-0.2, -0.15) is 0 Å². The van der Waals surface area contributed by atoms with E-state index in [1.54, 1.807) is 18.2 Å². The number of amides is 3. The molecule has 0 atom stereocenters. The van der Waals surface area contributed by atoms with Gasteiger partial charge >= 0.3 is 0 Å². The molecule has 146 valence electrons. The first-order chi connectivity index (χ1) is 13.4. The van der Waals surface area contributed by atoms with Crippen LogP contribution in [0.5, 0.6) is 5.75 Å². The predicted octanol–water partition coefficient (Wildman–Crippen LogP) is 4.32. The molecule has 3 amide bonds. The van der Waals surface area contributed by atoms with Gasteiger partial charge in [0.15, 0.2) is 6.61 Å². The Morgan fingerprint density at radius 3 is 2.71 bits per heavy atom. The van der Waals surface area contributed by atoms with Crippen molar-refractivity contribution in [3.05, 3.63) is 45.9 Å². The van der Waals surface area contributed by atoms with E-state index in [0.717, 1.165) is 0 Å². The molecule has 1 aliphatic heterocycles. The summed E-state index contributed by atoms with van der Waals surface area (Å²) in [5.74, 6) is -0.539. The van der Waals surface area contributed by atoms with Crippen LogP contribution < -0.4 is 20.7 Å². The maximum atomic E-state index is 12.8. The van der Waals surface area contributed by atoms with Crippen molar-refractivity contribution in [3.63, 3.8) is 0 Å². The number of hydrogen-bond acceptors (Lipinski definition) is 4. The van der Waals surface area contributed by atoms with Crippen LogP contribution in [0.25, 0.3) is 0 Å². The van der Waals surface area contributed by atoms with Gasteiger partial charge in [0, 0.05) is 17.1 Å². The molecule has 7 nitrogen and oxygen atoms in total. The number of benzene rings is 2. The first kappa shape index (κ1) is 20.0. The van der Waals surface area contributed by atoms with Gasteiger partial charge in [0.2, 0.25) is 5.91 Å². The zero-order valence-electron chi connectivity index (χ0n) is 14.9. The van der Waals surface area contributed by atoms with Crippen LogP contribution in [0, 0.1) is 0 Å². The third kappa shape index (κ3) is 4.55. The minimum Gasteiger partial charge on any atom is -0.482 e. The summed E-state index contributed by atoms with van der Waals surface area (Å²) in [4.78, 5) is 36.3. The molecule has 28 heavy (non-hydrogen) atoms. The van der Waals surface area contributed by atoms with Crippen molar-refractivity contribution < 1.29 is 19.1 Å². The van der Waals surface area contributed by atoms with Crippen molar-refractivity contribution in [3.8, 4) is 5.75 Å². The summed E-state index contributed by atoms with van der Waals surface area (Å²) in [6.07, 6.45) is 0.950. The predicted molar refractivity (Wildman–Crippen MR) is 109 cm³/mol. The highest BCUT2D eigenvalue weighted by atomic mass is 35.5. The van der Waals surface area contributed by atoms with Gasteiger partial charge in [0.1, 0.15) is 5.75 Å². The summed E-state index contributed by atoms with van der Waals surface area (Å²) in [6, 6.07) is 7.72. The lowest BCUT2D eigenvalue weighted by Crippen LogP contribution is -2.25. The maximum Gasteiger partial charge on any atom is 0.262 e. The second-order valence-corrected chi connectivity index (χ2v) is 6.95. The molecule has 0 spiro atoms. The smallest absolute Gasteiger partial charge is 0.262 e. The van der Waals surface area contributed by atoms with E-state index in [0.29, 0.717) is 30.0 Å². The van der Waals surface area contributed by atoms with Crippen LogP contribution >= 0.6 is 23.2 Å². The Balaban J connectivity index is 1.87. The number of nitrogens with one attached hydrogen (secondary N) is 3. The number of fused-ring (bicyclic) bond motifs is 1. The van der Waals surface area contributed by atoms with Crippen LogP contribution in [-0.4, -0.2) is 24.3 Å². The number of carbonyl (C=O) groups is 3. The molecule has 9 heteroatoms. The number of halogens is 2. The maximum absolute atomic E-state index is 12.8.